The summed E-state index contributed by atoms with van der Waals surface area (Å²) in [4.78, 5) is 4.65. The Kier molecular flexibility index (Phi) is 6.72. The van der Waals surface area contributed by atoms with E-state index in [1.54, 1.807) is 0 Å². The minimum Gasteiger partial charge on any atom is -0.489 e. The molecule has 2 heterocycles. The number of aromatic nitrogens is 5. The van der Waals surface area contributed by atoms with Gasteiger partial charge in [-0.3, -0.25) is 0 Å². The zero-order valence-electron chi connectivity index (χ0n) is 18.9. The molecule has 2 aromatic heterocycles. The molecule has 176 valence electrons. The monoisotopic (exact) mass is 487 g/mol. The highest BCUT2D eigenvalue weighted by molar-refractivity contribution is 6.30. The van der Waals surface area contributed by atoms with Gasteiger partial charge in [-0.1, -0.05) is 41.9 Å². The SMILES string of the molecule is Cc1cc(Cl)cc(COc2cccc(OCc3ccc4ccccc4n3)c2)c1OCc1nnn[nH]1. The molecule has 5 rings (SSSR count). The Balaban J connectivity index is 1.24. The van der Waals surface area contributed by atoms with E-state index in [0.29, 0.717) is 34.7 Å². The van der Waals surface area contributed by atoms with Crippen molar-refractivity contribution in [2.75, 3.05) is 0 Å². The summed E-state index contributed by atoms with van der Waals surface area (Å²) in [5.74, 6) is 2.56. The fraction of sp³-hybridized carbons (Fsp3) is 0.154. The maximum atomic E-state index is 6.29. The Hall–Kier alpha value is -4.17. The van der Waals surface area contributed by atoms with E-state index in [-0.39, 0.29) is 13.2 Å². The van der Waals surface area contributed by atoms with E-state index >= 15 is 0 Å². The van der Waals surface area contributed by atoms with Crippen LogP contribution in [0.25, 0.3) is 10.9 Å². The van der Waals surface area contributed by atoms with Crippen LogP contribution in [0.5, 0.6) is 17.2 Å². The van der Waals surface area contributed by atoms with Crippen molar-refractivity contribution in [1.29, 1.82) is 0 Å². The van der Waals surface area contributed by atoms with Crippen molar-refractivity contribution in [2.24, 2.45) is 0 Å². The maximum absolute atomic E-state index is 6.29. The van der Waals surface area contributed by atoms with Crippen LogP contribution >= 0.6 is 11.6 Å². The lowest BCUT2D eigenvalue weighted by Crippen LogP contribution is -2.05. The largest absolute Gasteiger partial charge is 0.489 e. The first-order chi connectivity index (χ1) is 17.1. The highest BCUT2D eigenvalue weighted by Crippen LogP contribution is 2.30. The number of nitrogens with one attached hydrogen (secondary N) is 1. The second-order valence-electron chi connectivity index (χ2n) is 7.90. The van der Waals surface area contributed by atoms with E-state index in [2.05, 4.69) is 25.6 Å². The number of aromatic amines is 1. The molecule has 9 heteroatoms. The average Bonchev–Trinajstić information content (AvgIpc) is 3.39. The van der Waals surface area contributed by atoms with E-state index in [1.807, 2.05) is 79.7 Å². The zero-order valence-corrected chi connectivity index (χ0v) is 19.7. The number of ether oxygens (including phenoxy) is 3. The number of rotatable bonds is 9. The topological polar surface area (TPSA) is 95.0 Å². The molecule has 35 heavy (non-hydrogen) atoms. The Morgan fingerprint density at radius 1 is 0.829 bits per heavy atom. The number of benzene rings is 3. The van der Waals surface area contributed by atoms with Gasteiger partial charge in [0.05, 0.1) is 11.2 Å². The van der Waals surface area contributed by atoms with Crippen molar-refractivity contribution in [1.82, 2.24) is 25.6 Å². The number of hydrogen-bond donors (Lipinski definition) is 1. The first kappa shape index (κ1) is 22.6. The third-order valence-corrected chi connectivity index (χ3v) is 5.52. The third-order valence-electron chi connectivity index (χ3n) is 5.30. The molecule has 0 aliphatic carbocycles. The molecule has 0 saturated heterocycles. The number of aryl methyl sites for hydroxylation is 1. The number of tetrazole rings is 1. The van der Waals surface area contributed by atoms with Crippen LogP contribution in [-0.4, -0.2) is 25.6 Å². The third kappa shape index (κ3) is 5.67. The van der Waals surface area contributed by atoms with Gasteiger partial charge in [0.2, 0.25) is 0 Å². The Morgan fingerprint density at radius 2 is 1.66 bits per heavy atom. The predicted molar refractivity (Wildman–Crippen MR) is 132 cm³/mol. The summed E-state index contributed by atoms with van der Waals surface area (Å²) >= 11 is 6.29. The number of nitrogens with zero attached hydrogens (tertiary/aromatic N) is 4. The standard InChI is InChI=1S/C26H22ClN5O3/c1-17-11-20(27)12-19(26(17)35-16-25-29-31-32-30-25)14-33-22-6-4-7-23(13-22)34-15-21-10-9-18-5-2-3-8-24(18)28-21/h2-13H,14-16H2,1H3,(H,29,30,31,32). The van der Waals surface area contributed by atoms with Crippen LogP contribution in [0.4, 0.5) is 0 Å². The van der Waals surface area contributed by atoms with E-state index in [4.69, 9.17) is 25.8 Å². The number of hydrogen-bond acceptors (Lipinski definition) is 7. The number of H-pyrrole nitrogens is 1. The lowest BCUT2D eigenvalue weighted by atomic mass is 10.1. The number of pyridine rings is 1. The van der Waals surface area contributed by atoms with Crippen molar-refractivity contribution in [3.8, 4) is 17.2 Å². The van der Waals surface area contributed by atoms with E-state index in [0.717, 1.165) is 27.7 Å². The number of fused-ring (bicyclic) bond motifs is 1. The molecule has 0 fully saturated rings. The summed E-state index contributed by atoms with van der Waals surface area (Å²) in [5.41, 5.74) is 3.51. The van der Waals surface area contributed by atoms with E-state index in [1.165, 1.54) is 0 Å². The van der Waals surface area contributed by atoms with Crippen LogP contribution in [0.15, 0.2) is 72.8 Å². The second-order valence-corrected chi connectivity index (χ2v) is 8.33. The summed E-state index contributed by atoms with van der Waals surface area (Å²) in [6.45, 7) is 2.75. The smallest absolute Gasteiger partial charge is 0.186 e. The van der Waals surface area contributed by atoms with Crippen LogP contribution in [0.3, 0.4) is 0 Å². The molecule has 8 nitrogen and oxygen atoms in total. The van der Waals surface area contributed by atoms with Gasteiger partial charge in [-0.2, -0.15) is 0 Å². The minimum atomic E-state index is 0.203. The Bertz CT molecular complexity index is 1440. The molecule has 0 unspecified atom stereocenters. The van der Waals surface area contributed by atoms with Gasteiger partial charge in [-0.25, -0.2) is 10.1 Å². The van der Waals surface area contributed by atoms with Gasteiger partial charge in [0.25, 0.3) is 0 Å². The molecule has 0 atom stereocenters. The highest BCUT2D eigenvalue weighted by Gasteiger charge is 2.12. The fourth-order valence-corrected chi connectivity index (χ4v) is 3.95. The zero-order chi connectivity index (χ0) is 24.0. The molecular formula is C26H22ClN5O3. The molecule has 0 aliphatic heterocycles. The minimum absolute atomic E-state index is 0.203. The van der Waals surface area contributed by atoms with Gasteiger partial charge in [-0.15, -0.1) is 5.10 Å². The molecule has 0 saturated carbocycles. The Labute approximate surface area is 206 Å². The first-order valence-corrected chi connectivity index (χ1v) is 11.4. The van der Waals surface area contributed by atoms with Crippen LogP contribution in [0, 0.1) is 6.92 Å². The predicted octanol–water partition coefficient (Wildman–Crippen LogP) is 5.45. The van der Waals surface area contributed by atoms with Crippen molar-refractivity contribution in [2.45, 2.75) is 26.7 Å². The molecule has 0 radical (unpaired) electrons. The summed E-state index contributed by atoms with van der Waals surface area (Å²) in [6.07, 6.45) is 0. The van der Waals surface area contributed by atoms with Gasteiger partial charge in [0.15, 0.2) is 5.82 Å². The van der Waals surface area contributed by atoms with E-state index in [9.17, 15) is 0 Å². The highest BCUT2D eigenvalue weighted by atomic mass is 35.5. The van der Waals surface area contributed by atoms with Gasteiger partial charge >= 0.3 is 0 Å². The number of para-hydroxylation sites is 1. The van der Waals surface area contributed by atoms with Crippen molar-refractivity contribution < 1.29 is 14.2 Å². The molecule has 0 aliphatic rings. The fourth-order valence-electron chi connectivity index (χ4n) is 3.65. The van der Waals surface area contributed by atoms with Crippen LogP contribution in [0.2, 0.25) is 5.02 Å². The molecule has 0 bridgehead atoms. The second kappa shape index (κ2) is 10.4. The quantitative estimate of drug-likeness (QED) is 0.295. The van der Waals surface area contributed by atoms with Crippen LogP contribution < -0.4 is 14.2 Å². The average molecular weight is 488 g/mol. The van der Waals surface area contributed by atoms with Crippen LogP contribution in [-0.2, 0) is 19.8 Å². The Morgan fingerprint density at radius 3 is 2.49 bits per heavy atom. The van der Waals surface area contributed by atoms with Crippen LogP contribution in [0.1, 0.15) is 22.6 Å². The summed E-state index contributed by atoms with van der Waals surface area (Å²) in [5, 5.41) is 15.4. The van der Waals surface area contributed by atoms with Crippen molar-refractivity contribution in [3.05, 3.63) is 100 Å². The molecule has 3 aromatic carbocycles. The van der Waals surface area contributed by atoms with Gasteiger partial charge in [-0.05, 0) is 59.3 Å². The van der Waals surface area contributed by atoms with E-state index < -0.39 is 0 Å². The van der Waals surface area contributed by atoms with Gasteiger partial charge in [0, 0.05) is 22.0 Å². The molecule has 0 amide bonds. The lowest BCUT2D eigenvalue weighted by Gasteiger charge is -2.15. The van der Waals surface area contributed by atoms with Gasteiger partial charge in [0.1, 0.15) is 37.1 Å². The molecule has 0 spiro atoms. The van der Waals surface area contributed by atoms with Crippen molar-refractivity contribution >= 4 is 22.5 Å². The molecule has 5 aromatic rings. The maximum Gasteiger partial charge on any atom is 0.186 e. The summed E-state index contributed by atoms with van der Waals surface area (Å²) in [7, 11) is 0. The van der Waals surface area contributed by atoms with Crippen molar-refractivity contribution in [3.63, 3.8) is 0 Å². The molecule has 1 N–H and O–H groups in total. The summed E-state index contributed by atoms with van der Waals surface area (Å²) < 4.78 is 18.0. The first-order valence-electron chi connectivity index (χ1n) is 11.0. The molecular weight excluding hydrogens is 466 g/mol. The lowest BCUT2D eigenvalue weighted by molar-refractivity contribution is 0.264. The normalized spacial score (nSPS) is 10.9. The summed E-state index contributed by atoms with van der Waals surface area (Å²) in [6, 6.07) is 23.2. The van der Waals surface area contributed by atoms with Gasteiger partial charge < -0.3 is 14.2 Å². The number of halogens is 1.